The van der Waals surface area contributed by atoms with E-state index in [4.69, 9.17) is 0 Å². The molecule has 3 rings (SSSR count). The summed E-state index contributed by atoms with van der Waals surface area (Å²) in [5.74, 6) is -0.422. The van der Waals surface area contributed by atoms with Crippen LogP contribution in [0.4, 0.5) is 5.69 Å². The van der Waals surface area contributed by atoms with E-state index in [0.29, 0.717) is 18.8 Å². The van der Waals surface area contributed by atoms with Gasteiger partial charge in [0.05, 0.1) is 4.90 Å². The van der Waals surface area contributed by atoms with Crippen molar-refractivity contribution in [1.29, 1.82) is 0 Å². The van der Waals surface area contributed by atoms with Crippen molar-refractivity contribution in [1.82, 2.24) is 8.87 Å². The molecule has 0 aliphatic carbocycles. The third kappa shape index (κ3) is 3.86. The van der Waals surface area contributed by atoms with Crippen molar-refractivity contribution in [2.75, 3.05) is 18.4 Å². The van der Waals surface area contributed by atoms with E-state index in [0.717, 1.165) is 19.3 Å². The van der Waals surface area contributed by atoms with Crippen LogP contribution in [0.25, 0.3) is 0 Å². The van der Waals surface area contributed by atoms with Gasteiger partial charge < -0.3 is 9.88 Å². The maximum Gasteiger partial charge on any atom is 0.255 e. The largest absolute Gasteiger partial charge is 0.322 e. The highest BCUT2D eigenvalue weighted by Crippen LogP contribution is 2.22. The van der Waals surface area contributed by atoms with Gasteiger partial charge in [-0.15, -0.1) is 0 Å². The molecule has 0 unspecified atom stereocenters. The quantitative estimate of drug-likeness (QED) is 0.883. The predicted molar refractivity (Wildman–Crippen MR) is 98.7 cm³/mol. The number of anilines is 1. The minimum atomic E-state index is -3.49. The summed E-state index contributed by atoms with van der Waals surface area (Å²) < 4.78 is 28.1. The molecular formula is C18H21N3O4S. The molecule has 0 bridgehead atoms. The van der Waals surface area contributed by atoms with Gasteiger partial charge in [0.15, 0.2) is 0 Å². The van der Waals surface area contributed by atoms with E-state index < -0.39 is 15.9 Å². The highest BCUT2D eigenvalue weighted by molar-refractivity contribution is 7.89. The van der Waals surface area contributed by atoms with Gasteiger partial charge in [-0.05, 0) is 43.2 Å². The van der Waals surface area contributed by atoms with Gasteiger partial charge in [-0.2, -0.15) is 4.31 Å². The van der Waals surface area contributed by atoms with Crippen LogP contribution >= 0.6 is 0 Å². The van der Waals surface area contributed by atoms with Crippen molar-refractivity contribution in [2.24, 2.45) is 7.05 Å². The van der Waals surface area contributed by atoms with Crippen LogP contribution in [0.5, 0.6) is 0 Å². The highest BCUT2D eigenvalue weighted by atomic mass is 32.2. The molecule has 1 aromatic carbocycles. The molecule has 2 aromatic rings. The van der Waals surface area contributed by atoms with E-state index in [2.05, 4.69) is 5.32 Å². The van der Waals surface area contributed by atoms with Gasteiger partial charge in [0.25, 0.3) is 11.5 Å². The second kappa shape index (κ2) is 7.43. The van der Waals surface area contributed by atoms with Crippen LogP contribution in [0, 0.1) is 0 Å². The van der Waals surface area contributed by atoms with Crippen LogP contribution in [0.2, 0.25) is 0 Å². The number of hydrogen-bond acceptors (Lipinski definition) is 4. The average Bonchev–Trinajstić information content (AvgIpc) is 2.65. The number of aromatic nitrogens is 1. The highest BCUT2D eigenvalue weighted by Gasteiger charge is 2.25. The minimum absolute atomic E-state index is 0.214. The number of carbonyl (C=O) groups is 1. The molecule has 0 saturated carbocycles. The average molecular weight is 375 g/mol. The van der Waals surface area contributed by atoms with E-state index in [1.807, 2.05) is 0 Å². The van der Waals surface area contributed by atoms with Crippen LogP contribution in [-0.2, 0) is 17.1 Å². The number of sulfonamides is 1. The van der Waals surface area contributed by atoms with Crippen LogP contribution in [0.3, 0.4) is 0 Å². The molecule has 1 N–H and O–H groups in total. The topological polar surface area (TPSA) is 88.5 Å². The molecule has 8 heteroatoms. The standard InChI is InChI=1S/C18H21N3O4S/c1-20-12-9-14(13-17(20)22)18(23)19-15-5-7-16(8-6-15)26(24,25)21-10-3-2-4-11-21/h5-9,12-13H,2-4,10-11H2,1H3,(H,19,23). The zero-order valence-electron chi connectivity index (χ0n) is 14.5. The summed E-state index contributed by atoms with van der Waals surface area (Å²) in [6.45, 7) is 1.09. The molecule has 7 nitrogen and oxygen atoms in total. The number of nitrogens with one attached hydrogen (secondary N) is 1. The molecule has 1 saturated heterocycles. The van der Waals surface area contributed by atoms with Crippen LogP contribution in [-0.4, -0.2) is 36.3 Å². The molecular weight excluding hydrogens is 354 g/mol. The SMILES string of the molecule is Cn1ccc(C(=O)Nc2ccc(S(=O)(=O)N3CCCCC3)cc2)cc1=O. The van der Waals surface area contributed by atoms with Crippen LogP contribution in [0.15, 0.2) is 52.3 Å². The lowest BCUT2D eigenvalue weighted by Gasteiger charge is -2.25. The third-order valence-electron chi connectivity index (χ3n) is 4.43. The molecule has 1 aromatic heterocycles. The van der Waals surface area contributed by atoms with Gasteiger partial charge in [-0.1, -0.05) is 6.42 Å². The van der Waals surface area contributed by atoms with Gasteiger partial charge in [0.1, 0.15) is 0 Å². The summed E-state index contributed by atoms with van der Waals surface area (Å²) in [5.41, 5.74) is 0.437. The predicted octanol–water partition coefficient (Wildman–Crippen LogP) is 1.81. The van der Waals surface area contributed by atoms with Gasteiger partial charge in [0.2, 0.25) is 10.0 Å². The van der Waals surface area contributed by atoms with Crippen molar-refractivity contribution in [3.63, 3.8) is 0 Å². The molecule has 2 heterocycles. The third-order valence-corrected chi connectivity index (χ3v) is 6.34. The Morgan fingerprint density at radius 2 is 1.69 bits per heavy atom. The number of carbonyl (C=O) groups excluding carboxylic acids is 1. The Hall–Kier alpha value is -2.45. The van der Waals surface area contributed by atoms with E-state index >= 15 is 0 Å². The summed E-state index contributed by atoms with van der Waals surface area (Å²) in [6.07, 6.45) is 4.33. The van der Waals surface area contributed by atoms with E-state index in [9.17, 15) is 18.0 Å². The second-order valence-corrected chi connectivity index (χ2v) is 8.25. The number of aryl methyl sites for hydroxylation is 1. The number of amides is 1. The second-order valence-electron chi connectivity index (χ2n) is 6.31. The van der Waals surface area contributed by atoms with Gasteiger partial charge >= 0.3 is 0 Å². The molecule has 0 atom stereocenters. The number of hydrogen-bond donors (Lipinski definition) is 1. The molecule has 1 aliphatic rings. The summed E-state index contributed by atoms with van der Waals surface area (Å²) in [7, 11) is -1.89. The summed E-state index contributed by atoms with van der Waals surface area (Å²) in [4.78, 5) is 24.0. The van der Waals surface area contributed by atoms with Gasteiger partial charge in [0, 0.05) is 43.7 Å². The zero-order chi connectivity index (χ0) is 18.7. The molecule has 1 fully saturated rings. The Morgan fingerprint density at radius 3 is 2.31 bits per heavy atom. The Labute approximate surface area is 152 Å². The van der Waals surface area contributed by atoms with Crippen molar-refractivity contribution >= 4 is 21.6 Å². The number of benzene rings is 1. The normalized spacial score (nSPS) is 15.6. The smallest absolute Gasteiger partial charge is 0.255 e. The van der Waals surface area contributed by atoms with E-state index in [1.165, 1.54) is 33.3 Å². The maximum absolute atomic E-state index is 12.6. The van der Waals surface area contributed by atoms with Crippen molar-refractivity contribution in [3.8, 4) is 0 Å². The number of nitrogens with zero attached hydrogens (tertiary/aromatic N) is 2. The fraction of sp³-hybridized carbons (Fsp3) is 0.333. The van der Waals surface area contributed by atoms with Gasteiger partial charge in [-0.25, -0.2) is 8.42 Å². The first-order valence-corrected chi connectivity index (χ1v) is 9.90. The van der Waals surface area contributed by atoms with E-state index in [-0.39, 0.29) is 16.0 Å². The molecule has 0 radical (unpaired) electrons. The Balaban J connectivity index is 1.74. The van der Waals surface area contributed by atoms with Gasteiger partial charge in [-0.3, -0.25) is 9.59 Å². The van der Waals surface area contributed by atoms with Crippen molar-refractivity contribution < 1.29 is 13.2 Å². The lowest BCUT2D eigenvalue weighted by atomic mass is 10.2. The first kappa shape index (κ1) is 18.3. The van der Waals surface area contributed by atoms with Crippen LogP contribution < -0.4 is 10.9 Å². The molecule has 138 valence electrons. The fourth-order valence-corrected chi connectivity index (χ4v) is 4.37. The number of pyridine rings is 1. The molecule has 1 amide bonds. The monoisotopic (exact) mass is 375 g/mol. The first-order valence-electron chi connectivity index (χ1n) is 8.46. The van der Waals surface area contributed by atoms with Crippen LogP contribution in [0.1, 0.15) is 29.6 Å². The number of rotatable bonds is 4. The summed E-state index contributed by atoms with van der Waals surface area (Å²) in [5, 5.41) is 2.67. The summed E-state index contributed by atoms with van der Waals surface area (Å²) >= 11 is 0. The lowest BCUT2D eigenvalue weighted by Crippen LogP contribution is -2.35. The maximum atomic E-state index is 12.6. The first-order chi connectivity index (χ1) is 12.4. The Morgan fingerprint density at radius 1 is 1.04 bits per heavy atom. The summed E-state index contributed by atoms with van der Waals surface area (Å²) in [6, 6.07) is 8.88. The lowest BCUT2D eigenvalue weighted by molar-refractivity contribution is 0.102. The van der Waals surface area contributed by atoms with E-state index in [1.54, 1.807) is 25.2 Å². The zero-order valence-corrected chi connectivity index (χ0v) is 15.3. The molecule has 26 heavy (non-hydrogen) atoms. The Bertz CT molecular complexity index is 959. The number of piperidine rings is 1. The minimum Gasteiger partial charge on any atom is -0.322 e. The fourth-order valence-electron chi connectivity index (χ4n) is 2.86. The molecule has 0 spiro atoms. The van der Waals surface area contributed by atoms with Crippen molar-refractivity contribution in [3.05, 3.63) is 58.5 Å². The van der Waals surface area contributed by atoms with Crippen molar-refractivity contribution in [2.45, 2.75) is 24.2 Å². The molecule has 1 aliphatic heterocycles. The Kier molecular flexibility index (Phi) is 5.24.